The lowest BCUT2D eigenvalue weighted by molar-refractivity contribution is 0.112. The van der Waals surface area contributed by atoms with Gasteiger partial charge in [0.1, 0.15) is 11.6 Å². The molecule has 0 radical (unpaired) electrons. The number of carbonyl (C=O) groups is 1. The fourth-order valence-corrected chi connectivity index (χ4v) is 1.92. The van der Waals surface area contributed by atoms with E-state index in [1.54, 1.807) is 41.1 Å². The average molecular weight is 240 g/mol. The summed E-state index contributed by atoms with van der Waals surface area (Å²) in [5.74, 6) is 0.309. The molecule has 0 amide bonds. The van der Waals surface area contributed by atoms with Crippen LogP contribution in [0, 0.1) is 5.82 Å². The van der Waals surface area contributed by atoms with E-state index in [0.717, 1.165) is 11.8 Å². The number of pyridine rings is 1. The smallest absolute Gasteiger partial charge is 0.151 e. The molecule has 3 aromatic rings. The van der Waals surface area contributed by atoms with Crippen LogP contribution in [0.1, 0.15) is 10.4 Å². The van der Waals surface area contributed by atoms with E-state index in [0.29, 0.717) is 17.0 Å². The summed E-state index contributed by atoms with van der Waals surface area (Å²) in [7, 11) is 0. The highest BCUT2D eigenvalue weighted by Crippen LogP contribution is 2.20. The molecule has 0 fully saturated rings. The largest absolute Gasteiger partial charge is 0.299 e. The monoisotopic (exact) mass is 240 g/mol. The lowest BCUT2D eigenvalue weighted by Crippen LogP contribution is -1.92. The highest BCUT2D eigenvalue weighted by atomic mass is 19.1. The minimum absolute atomic E-state index is 0.309. The number of benzene rings is 1. The second-order valence-corrected chi connectivity index (χ2v) is 3.97. The van der Waals surface area contributed by atoms with Gasteiger partial charge < -0.3 is 0 Å². The summed E-state index contributed by atoms with van der Waals surface area (Å²) in [5, 5.41) is 0. The molecular formula is C14H9FN2O. The number of nitrogens with zero attached hydrogens (tertiary/aromatic N) is 2. The van der Waals surface area contributed by atoms with Crippen molar-refractivity contribution in [2.24, 2.45) is 0 Å². The number of carbonyl (C=O) groups excluding carboxylic acids is 1. The van der Waals surface area contributed by atoms with Gasteiger partial charge in [-0.2, -0.15) is 0 Å². The molecule has 0 spiro atoms. The molecule has 2 heterocycles. The summed E-state index contributed by atoms with van der Waals surface area (Å²) < 4.78 is 15.0. The summed E-state index contributed by atoms with van der Waals surface area (Å²) in [5.41, 5.74) is 2.09. The molecule has 0 aliphatic carbocycles. The maximum atomic E-state index is 13.2. The zero-order valence-electron chi connectivity index (χ0n) is 9.38. The molecule has 18 heavy (non-hydrogen) atoms. The van der Waals surface area contributed by atoms with E-state index in [1.807, 2.05) is 0 Å². The Hall–Kier alpha value is -2.49. The van der Waals surface area contributed by atoms with Gasteiger partial charge in [0.2, 0.25) is 0 Å². The predicted molar refractivity (Wildman–Crippen MR) is 66.0 cm³/mol. The topological polar surface area (TPSA) is 34.4 Å². The summed E-state index contributed by atoms with van der Waals surface area (Å²) >= 11 is 0. The van der Waals surface area contributed by atoms with Crippen LogP contribution in [0.2, 0.25) is 0 Å². The van der Waals surface area contributed by atoms with E-state index in [1.165, 1.54) is 12.1 Å². The SMILES string of the molecule is O=Cc1ccc2cnc(-c3cccc(F)c3)n2c1. The van der Waals surface area contributed by atoms with E-state index in [2.05, 4.69) is 4.98 Å². The lowest BCUT2D eigenvalue weighted by atomic mass is 10.2. The predicted octanol–water partition coefficient (Wildman–Crippen LogP) is 2.95. The van der Waals surface area contributed by atoms with Gasteiger partial charge in [-0.05, 0) is 24.3 Å². The van der Waals surface area contributed by atoms with Crippen molar-refractivity contribution >= 4 is 11.8 Å². The summed E-state index contributed by atoms with van der Waals surface area (Å²) in [4.78, 5) is 15.0. The normalized spacial score (nSPS) is 10.7. The molecule has 4 heteroatoms. The summed E-state index contributed by atoms with van der Waals surface area (Å²) in [6.07, 6.45) is 4.15. The van der Waals surface area contributed by atoms with Crippen LogP contribution in [-0.4, -0.2) is 15.7 Å². The molecule has 0 N–H and O–H groups in total. The molecule has 0 aliphatic heterocycles. The third kappa shape index (κ3) is 1.68. The van der Waals surface area contributed by atoms with Crippen LogP contribution in [0.4, 0.5) is 4.39 Å². The summed E-state index contributed by atoms with van der Waals surface area (Å²) in [6.45, 7) is 0. The maximum absolute atomic E-state index is 13.2. The zero-order valence-corrected chi connectivity index (χ0v) is 9.38. The average Bonchev–Trinajstić information content (AvgIpc) is 2.81. The fraction of sp³-hybridized carbons (Fsp3) is 0. The van der Waals surface area contributed by atoms with Gasteiger partial charge in [0, 0.05) is 17.3 Å². The molecule has 0 saturated heterocycles. The molecule has 0 unspecified atom stereocenters. The number of hydrogen-bond acceptors (Lipinski definition) is 2. The maximum Gasteiger partial charge on any atom is 0.151 e. The van der Waals surface area contributed by atoms with Crippen LogP contribution < -0.4 is 0 Å². The zero-order chi connectivity index (χ0) is 12.5. The van der Waals surface area contributed by atoms with Crippen LogP contribution in [0.3, 0.4) is 0 Å². The Morgan fingerprint density at radius 2 is 2.11 bits per heavy atom. The van der Waals surface area contributed by atoms with E-state index < -0.39 is 0 Å². The van der Waals surface area contributed by atoms with Gasteiger partial charge in [0.15, 0.2) is 6.29 Å². The number of halogens is 1. The number of imidazole rings is 1. The first-order valence-corrected chi connectivity index (χ1v) is 5.46. The molecule has 3 nitrogen and oxygen atoms in total. The van der Waals surface area contributed by atoms with Crippen molar-refractivity contribution in [3.8, 4) is 11.4 Å². The van der Waals surface area contributed by atoms with Gasteiger partial charge in [0.25, 0.3) is 0 Å². The van der Waals surface area contributed by atoms with Crippen molar-refractivity contribution in [2.75, 3.05) is 0 Å². The number of rotatable bonds is 2. The Balaban J connectivity index is 2.26. The quantitative estimate of drug-likeness (QED) is 0.645. The van der Waals surface area contributed by atoms with Crippen LogP contribution in [0.25, 0.3) is 16.9 Å². The Labute approximate surface area is 103 Å². The Morgan fingerprint density at radius 3 is 2.89 bits per heavy atom. The molecule has 0 atom stereocenters. The Kier molecular flexibility index (Phi) is 2.41. The van der Waals surface area contributed by atoms with Crippen molar-refractivity contribution in [2.45, 2.75) is 0 Å². The molecule has 0 aliphatic rings. The van der Waals surface area contributed by atoms with Gasteiger partial charge >= 0.3 is 0 Å². The van der Waals surface area contributed by atoms with Crippen LogP contribution >= 0.6 is 0 Å². The van der Waals surface area contributed by atoms with Gasteiger partial charge in [-0.15, -0.1) is 0 Å². The van der Waals surface area contributed by atoms with Crippen molar-refractivity contribution in [1.29, 1.82) is 0 Å². The molecule has 0 saturated carbocycles. The standard InChI is InChI=1S/C14H9FN2O/c15-12-3-1-2-11(6-12)14-16-7-13-5-4-10(9-18)8-17(13)14/h1-9H. The van der Waals surface area contributed by atoms with Gasteiger partial charge in [-0.3, -0.25) is 9.20 Å². The minimum atomic E-state index is -0.309. The molecule has 3 rings (SSSR count). The fourth-order valence-electron chi connectivity index (χ4n) is 1.92. The molecular weight excluding hydrogens is 231 g/mol. The van der Waals surface area contributed by atoms with Gasteiger partial charge in [-0.1, -0.05) is 12.1 Å². The van der Waals surface area contributed by atoms with Crippen LogP contribution in [-0.2, 0) is 0 Å². The number of fused-ring (bicyclic) bond motifs is 1. The van der Waals surface area contributed by atoms with E-state index in [4.69, 9.17) is 0 Å². The van der Waals surface area contributed by atoms with Crippen LogP contribution in [0.15, 0.2) is 48.8 Å². The first-order valence-electron chi connectivity index (χ1n) is 5.46. The second-order valence-electron chi connectivity index (χ2n) is 3.97. The molecule has 1 aromatic carbocycles. The van der Waals surface area contributed by atoms with Crippen molar-refractivity contribution < 1.29 is 9.18 Å². The Morgan fingerprint density at radius 1 is 1.22 bits per heavy atom. The molecule has 88 valence electrons. The Bertz CT molecular complexity index is 733. The van der Waals surface area contributed by atoms with E-state index >= 15 is 0 Å². The first-order chi connectivity index (χ1) is 8.78. The van der Waals surface area contributed by atoms with E-state index in [-0.39, 0.29) is 5.82 Å². The van der Waals surface area contributed by atoms with Crippen molar-refractivity contribution in [3.63, 3.8) is 0 Å². The van der Waals surface area contributed by atoms with Crippen molar-refractivity contribution in [1.82, 2.24) is 9.38 Å². The minimum Gasteiger partial charge on any atom is -0.299 e. The highest BCUT2D eigenvalue weighted by Gasteiger charge is 2.07. The van der Waals surface area contributed by atoms with Crippen LogP contribution in [0.5, 0.6) is 0 Å². The molecule has 0 bridgehead atoms. The van der Waals surface area contributed by atoms with Gasteiger partial charge in [-0.25, -0.2) is 9.37 Å². The number of aromatic nitrogens is 2. The molecule has 2 aromatic heterocycles. The third-order valence-corrected chi connectivity index (χ3v) is 2.77. The second kappa shape index (κ2) is 4.07. The first kappa shape index (κ1) is 10.7. The number of hydrogen-bond donors (Lipinski definition) is 0. The van der Waals surface area contributed by atoms with E-state index in [9.17, 15) is 9.18 Å². The van der Waals surface area contributed by atoms with Crippen molar-refractivity contribution in [3.05, 3.63) is 60.2 Å². The lowest BCUT2D eigenvalue weighted by Gasteiger charge is -2.02. The van der Waals surface area contributed by atoms with Gasteiger partial charge in [0.05, 0.1) is 11.7 Å². The number of aldehydes is 1. The summed E-state index contributed by atoms with van der Waals surface area (Å²) in [6, 6.07) is 9.75. The third-order valence-electron chi connectivity index (χ3n) is 2.77. The highest BCUT2D eigenvalue weighted by molar-refractivity contribution is 5.76.